The maximum atomic E-state index is 11.8. The predicted molar refractivity (Wildman–Crippen MR) is 104 cm³/mol. The number of aromatic nitrogens is 2. The molecule has 0 amide bonds. The molecule has 0 aliphatic carbocycles. The lowest BCUT2D eigenvalue weighted by Crippen LogP contribution is -2.02. The number of nitrogens with one attached hydrogen (secondary N) is 1. The second kappa shape index (κ2) is 7.36. The number of carbonyl (C=O) groups excluding carboxylic acids is 1. The standard InChI is InChI=1S/C21H20N2O5/c1-4-26-21(24)17-8-9-18(28-17)27-16-7-5-6-14-20(16)19-13(11-25-3)12(2)22-10-15(19)23-14/h5-10,23H,4,11H2,1-3H3. The maximum Gasteiger partial charge on any atom is 0.374 e. The summed E-state index contributed by atoms with van der Waals surface area (Å²) in [5.41, 5.74) is 3.70. The van der Waals surface area contributed by atoms with Crippen molar-refractivity contribution in [1.29, 1.82) is 0 Å². The SMILES string of the molecule is CCOC(=O)c1ccc(Oc2cccc3[nH]c4cnc(C)c(COC)c4c23)o1. The zero-order chi connectivity index (χ0) is 19.7. The first-order valence-corrected chi connectivity index (χ1v) is 8.95. The number of nitrogens with zero attached hydrogens (tertiary/aromatic N) is 1. The van der Waals surface area contributed by atoms with Crippen LogP contribution in [0.15, 0.2) is 40.9 Å². The summed E-state index contributed by atoms with van der Waals surface area (Å²) in [6.45, 7) is 4.41. The second-order valence-electron chi connectivity index (χ2n) is 6.29. The van der Waals surface area contributed by atoms with Gasteiger partial charge in [0.25, 0.3) is 5.95 Å². The lowest BCUT2D eigenvalue weighted by molar-refractivity contribution is 0.0485. The molecular formula is C21H20N2O5. The molecule has 0 spiro atoms. The summed E-state index contributed by atoms with van der Waals surface area (Å²) in [5.74, 6) is 0.398. The lowest BCUT2D eigenvalue weighted by atomic mass is 10.1. The van der Waals surface area contributed by atoms with Gasteiger partial charge in [0.1, 0.15) is 5.75 Å². The van der Waals surface area contributed by atoms with Crippen molar-refractivity contribution in [2.45, 2.75) is 20.5 Å². The topological polar surface area (TPSA) is 86.6 Å². The van der Waals surface area contributed by atoms with Gasteiger partial charge in [0.15, 0.2) is 0 Å². The molecule has 0 aliphatic heterocycles. The minimum Gasteiger partial charge on any atom is -0.460 e. The Morgan fingerprint density at radius 3 is 2.82 bits per heavy atom. The van der Waals surface area contributed by atoms with Crippen LogP contribution in [0.1, 0.15) is 28.7 Å². The number of ether oxygens (including phenoxy) is 3. The number of H-pyrrole nitrogens is 1. The Bertz CT molecular complexity index is 1160. The van der Waals surface area contributed by atoms with Crippen LogP contribution in [-0.4, -0.2) is 29.7 Å². The summed E-state index contributed by atoms with van der Waals surface area (Å²) >= 11 is 0. The van der Waals surface area contributed by atoms with E-state index in [0.29, 0.717) is 12.4 Å². The number of fused-ring (bicyclic) bond motifs is 3. The Balaban J connectivity index is 1.81. The number of furan rings is 1. The highest BCUT2D eigenvalue weighted by Gasteiger charge is 2.18. The fourth-order valence-corrected chi connectivity index (χ4v) is 3.27. The van der Waals surface area contributed by atoms with Gasteiger partial charge in [0, 0.05) is 29.8 Å². The third-order valence-electron chi connectivity index (χ3n) is 4.50. The van der Waals surface area contributed by atoms with Gasteiger partial charge in [0.05, 0.1) is 35.8 Å². The third-order valence-corrected chi connectivity index (χ3v) is 4.50. The van der Waals surface area contributed by atoms with Crippen LogP contribution < -0.4 is 4.74 Å². The van der Waals surface area contributed by atoms with Crippen molar-refractivity contribution in [1.82, 2.24) is 9.97 Å². The molecule has 3 heterocycles. The van der Waals surface area contributed by atoms with E-state index in [1.807, 2.05) is 25.1 Å². The van der Waals surface area contributed by atoms with E-state index in [9.17, 15) is 4.79 Å². The molecule has 0 saturated heterocycles. The van der Waals surface area contributed by atoms with Crippen LogP contribution in [0, 0.1) is 6.92 Å². The first-order chi connectivity index (χ1) is 13.6. The molecule has 1 aromatic carbocycles. The molecular weight excluding hydrogens is 360 g/mol. The van der Waals surface area contributed by atoms with Gasteiger partial charge in [-0.15, -0.1) is 0 Å². The summed E-state index contributed by atoms with van der Waals surface area (Å²) in [6, 6.07) is 8.85. The lowest BCUT2D eigenvalue weighted by Gasteiger charge is -2.08. The number of hydrogen-bond donors (Lipinski definition) is 1. The smallest absolute Gasteiger partial charge is 0.374 e. The Hall–Kier alpha value is -3.32. The average molecular weight is 380 g/mol. The van der Waals surface area contributed by atoms with Crippen molar-refractivity contribution in [2.75, 3.05) is 13.7 Å². The van der Waals surface area contributed by atoms with Crippen LogP contribution in [0.5, 0.6) is 11.7 Å². The van der Waals surface area contributed by atoms with Crippen molar-refractivity contribution in [3.05, 3.63) is 53.5 Å². The van der Waals surface area contributed by atoms with Crippen LogP contribution in [0.3, 0.4) is 0 Å². The molecule has 0 atom stereocenters. The minimum atomic E-state index is -0.522. The Morgan fingerprint density at radius 1 is 1.18 bits per heavy atom. The predicted octanol–water partition coefficient (Wildman–Crippen LogP) is 4.73. The number of aromatic amines is 1. The summed E-state index contributed by atoms with van der Waals surface area (Å²) in [7, 11) is 1.66. The van der Waals surface area contributed by atoms with E-state index in [1.54, 1.807) is 26.3 Å². The minimum absolute atomic E-state index is 0.100. The molecule has 4 rings (SSSR count). The van der Waals surface area contributed by atoms with E-state index in [1.165, 1.54) is 6.07 Å². The Labute approximate surface area is 161 Å². The first kappa shape index (κ1) is 18.1. The van der Waals surface area contributed by atoms with Gasteiger partial charge in [-0.1, -0.05) is 6.07 Å². The van der Waals surface area contributed by atoms with E-state index in [-0.39, 0.29) is 18.3 Å². The molecule has 0 fully saturated rings. The molecule has 0 aliphatic rings. The molecule has 28 heavy (non-hydrogen) atoms. The number of rotatable bonds is 6. The van der Waals surface area contributed by atoms with E-state index >= 15 is 0 Å². The Morgan fingerprint density at radius 2 is 2.04 bits per heavy atom. The molecule has 7 heteroatoms. The van der Waals surface area contributed by atoms with Crippen LogP contribution in [0.4, 0.5) is 0 Å². The van der Waals surface area contributed by atoms with Crippen molar-refractivity contribution < 1.29 is 23.4 Å². The monoisotopic (exact) mass is 380 g/mol. The maximum absolute atomic E-state index is 11.8. The van der Waals surface area contributed by atoms with Crippen LogP contribution in [0.25, 0.3) is 21.8 Å². The highest BCUT2D eigenvalue weighted by molar-refractivity contribution is 6.12. The van der Waals surface area contributed by atoms with Gasteiger partial charge in [-0.3, -0.25) is 4.98 Å². The number of benzene rings is 1. The van der Waals surface area contributed by atoms with Crippen molar-refractivity contribution >= 4 is 27.8 Å². The number of esters is 1. The summed E-state index contributed by atoms with van der Waals surface area (Å²) in [4.78, 5) is 19.6. The van der Waals surface area contributed by atoms with Crippen LogP contribution in [0.2, 0.25) is 0 Å². The number of aryl methyl sites for hydroxylation is 1. The fourth-order valence-electron chi connectivity index (χ4n) is 3.27. The zero-order valence-electron chi connectivity index (χ0n) is 15.9. The molecule has 1 N–H and O–H groups in total. The van der Waals surface area contributed by atoms with E-state index in [0.717, 1.165) is 33.1 Å². The number of hydrogen-bond acceptors (Lipinski definition) is 6. The van der Waals surface area contributed by atoms with Gasteiger partial charge in [-0.25, -0.2) is 4.79 Å². The van der Waals surface area contributed by atoms with Crippen molar-refractivity contribution in [2.24, 2.45) is 0 Å². The van der Waals surface area contributed by atoms with Crippen molar-refractivity contribution in [3.63, 3.8) is 0 Å². The second-order valence-corrected chi connectivity index (χ2v) is 6.29. The van der Waals surface area contributed by atoms with Crippen LogP contribution >= 0.6 is 0 Å². The van der Waals surface area contributed by atoms with Gasteiger partial charge in [0.2, 0.25) is 5.76 Å². The number of carbonyl (C=O) groups is 1. The molecule has 0 radical (unpaired) electrons. The summed E-state index contributed by atoms with van der Waals surface area (Å²) < 4.78 is 21.8. The number of pyridine rings is 1. The summed E-state index contributed by atoms with van der Waals surface area (Å²) in [5, 5.41) is 1.90. The molecule has 0 bridgehead atoms. The Kier molecular flexibility index (Phi) is 4.75. The third kappa shape index (κ3) is 3.10. The molecule has 3 aromatic heterocycles. The highest BCUT2D eigenvalue weighted by Crippen LogP contribution is 2.38. The van der Waals surface area contributed by atoms with E-state index < -0.39 is 5.97 Å². The molecule has 0 saturated carbocycles. The van der Waals surface area contributed by atoms with Gasteiger partial charge < -0.3 is 23.6 Å². The fraction of sp³-hybridized carbons (Fsp3) is 0.238. The van der Waals surface area contributed by atoms with E-state index in [2.05, 4.69) is 9.97 Å². The zero-order valence-corrected chi connectivity index (χ0v) is 15.9. The summed E-state index contributed by atoms with van der Waals surface area (Å²) in [6.07, 6.45) is 1.80. The largest absolute Gasteiger partial charge is 0.460 e. The first-order valence-electron chi connectivity index (χ1n) is 8.95. The van der Waals surface area contributed by atoms with Gasteiger partial charge >= 0.3 is 5.97 Å². The molecule has 4 aromatic rings. The van der Waals surface area contributed by atoms with E-state index in [4.69, 9.17) is 18.6 Å². The number of methoxy groups -OCH3 is 1. The normalized spacial score (nSPS) is 11.2. The molecule has 7 nitrogen and oxygen atoms in total. The molecule has 0 unspecified atom stereocenters. The molecule has 144 valence electrons. The van der Waals surface area contributed by atoms with Crippen molar-refractivity contribution in [3.8, 4) is 11.7 Å². The quantitative estimate of drug-likeness (QED) is 0.487. The van der Waals surface area contributed by atoms with Gasteiger partial charge in [-0.2, -0.15) is 0 Å². The van der Waals surface area contributed by atoms with Crippen LogP contribution in [-0.2, 0) is 16.1 Å². The average Bonchev–Trinajstić information content (AvgIpc) is 3.29. The van der Waals surface area contributed by atoms with Gasteiger partial charge in [-0.05, 0) is 32.0 Å². The highest BCUT2D eigenvalue weighted by atomic mass is 16.6.